The Kier molecular flexibility index (Phi) is 3.19. The van der Waals surface area contributed by atoms with Gasteiger partial charge in [-0.15, -0.1) is 0 Å². The standard InChI is InChI=1S/C12H11BrN2O2/c1-7-9(4-5-17-7)12(16)15-8-2-3-10(13)11(14)6-8/h2-6H,14H2,1H3,(H,15,16). The highest BCUT2D eigenvalue weighted by Gasteiger charge is 2.11. The Morgan fingerprint density at radius 2 is 2.18 bits per heavy atom. The molecule has 17 heavy (non-hydrogen) atoms. The van der Waals surface area contributed by atoms with Crippen molar-refractivity contribution >= 4 is 33.2 Å². The van der Waals surface area contributed by atoms with E-state index in [4.69, 9.17) is 10.2 Å². The SMILES string of the molecule is Cc1occc1C(=O)Nc1ccc(Br)c(N)c1. The van der Waals surface area contributed by atoms with Crippen molar-refractivity contribution in [2.75, 3.05) is 11.1 Å². The molecular formula is C12H11BrN2O2. The lowest BCUT2D eigenvalue weighted by atomic mass is 10.2. The van der Waals surface area contributed by atoms with Crippen LogP contribution in [0.3, 0.4) is 0 Å². The molecule has 2 aromatic rings. The number of carbonyl (C=O) groups excluding carboxylic acids is 1. The molecule has 0 bridgehead atoms. The van der Waals surface area contributed by atoms with Crippen molar-refractivity contribution in [3.05, 3.63) is 46.3 Å². The highest BCUT2D eigenvalue weighted by Crippen LogP contribution is 2.23. The second-order valence-electron chi connectivity index (χ2n) is 3.58. The van der Waals surface area contributed by atoms with E-state index in [-0.39, 0.29) is 5.91 Å². The summed E-state index contributed by atoms with van der Waals surface area (Å²) in [5.74, 6) is 0.380. The number of anilines is 2. The zero-order chi connectivity index (χ0) is 12.4. The summed E-state index contributed by atoms with van der Waals surface area (Å²) in [4.78, 5) is 11.9. The Hall–Kier alpha value is -1.75. The molecule has 5 heteroatoms. The van der Waals surface area contributed by atoms with Crippen molar-refractivity contribution in [1.29, 1.82) is 0 Å². The van der Waals surface area contributed by atoms with Gasteiger partial charge in [-0.05, 0) is 47.1 Å². The molecular weight excluding hydrogens is 284 g/mol. The predicted molar refractivity (Wildman–Crippen MR) is 70.0 cm³/mol. The van der Waals surface area contributed by atoms with E-state index in [0.717, 1.165) is 4.47 Å². The Morgan fingerprint density at radius 3 is 2.76 bits per heavy atom. The van der Waals surface area contributed by atoms with Gasteiger partial charge in [0.15, 0.2) is 0 Å². The summed E-state index contributed by atoms with van der Waals surface area (Å²) < 4.78 is 5.87. The largest absolute Gasteiger partial charge is 0.469 e. The van der Waals surface area contributed by atoms with E-state index in [1.54, 1.807) is 31.2 Å². The van der Waals surface area contributed by atoms with Crippen molar-refractivity contribution in [1.82, 2.24) is 0 Å². The molecule has 0 aliphatic heterocycles. The van der Waals surface area contributed by atoms with Gasteiger partial charge in [-0.1, -0.05) is 0 Å². The van der Waals surface area contributed by atoms with E-state index in [0.29, 0.717) is 22.7 Å². The van der Waals surface area contributed by atoms with Crippen LogP contribution in [0, 0.1) is 6.92 Å². The number of furan rings is 1. The minimum atomic E-state index is -0.210. The summed E-state index contributed by atoms with van der Waals surface area (Å²) in [6, 6.07) is 6.88. The number of aryl methyl sites for hydroxylation is 1. The fraction of sp³-hybridized carbons (Fsp3) is 0.0833. The molecule has 4 nitrogen and oxygen atoms in total. The second-order valence-corrected chi connectivity index (χ2v) is 4.44. The number of amides is 1. The molecule has 0 spiro atoms. The maximum Gasteiger partial charge on any atom is 0.259 e. The molecule has 0 atom stereocenters. The van der Waals surface area contributed by atoms with E-state index >= 15 is 0 Å². The second kappa shape index (κ2) is 4.63. The molecule has 0 aliphatic rings. The van der Waals surface area contributed by atoms with Gasteiger partial charge in [0.25, 0.3) is 5.91 Å². The number of nitrogen functional groups attached to an aromatic ring is 1. The monoisotopic (exact) mass is 294 g/mol. The summed E-state index contributed by atoms with van der Waals surface area (Å²) in [6.45, 7) is 1.74. The Bertz CT molecular complexity index is 563. The minimum absolute atomic E-state index is 0.210. The fourth-order valence-corrected chi connectivity index (χ4v) is 1.69. The van der Waals surface area contributed by atoms with Crippen LogP contribution in [0.4, 0.5) is 11.4 Å². The third-order valence-corrected chi connectivity index (χ3v) is 3.08. The smallest absolute Gasteiger partial charge is 0.259 e. The lowest BCUT2D eigenvalue weighted by Gasteiger charge is -2.06. The van der Waals surface area contributed by atoms with Crippen LogP contribution in [-0.2, 0) is 0 Å². The first-order chi connectivity index (χ1) is 8.08. The van der Waals surface area contributed by atoms with Crippen LogP contribution in [0.1, 0.15) is 16.1 Å². The highest BCUT2D eigenvalue weighted by molar-refractivity contribution is 9.10. The number of nitrogens with one attached hydrogen (secondary N) is 1. The number of carbonyl (C=O) groups is 1. The zero-order valence-corrected chi connectivity index (χ0v) is 10.7. The van der Waals surface area contributed by atoms with Crippen LogP contribution in [0.25, 0.3) is 0 Å². The molecule has 3 N–H and O–H groups in total. The van der Waals surface area contributed by atoms with E-state index in [9.17, 15) is 4.79 Å². The lowest BCUT2D eigenvalue weighted by molar-refractivity contribution is 0.102. The highest BCUT2D eigenvalue weighted by atomic mass is 79.9. The van der Waals surface area contributed by atoms with Crippen LogP contribution >= 0.6 is 15.9 Å². The number of halogens is 1. The Balaban J connectivity index is 2.19. The van der Waals surface area contributed by atoms with Crippen LogP contribution in [-0.4, -0.2) is 5.91 Å². The first-order valence-corrected chi connectivity index (χ1v) is 5.77. The Labute approximate surface area is 107 Å². The quantitative estimate of drug-likeness (QED) is 0.836. The summed E-state index contributed by atoms with van der Waals surface area (Å²) in [6.07, 6.45) is 1.49. The van der Waals surface area contributed by atoms with Crippen molar-refractivity contribution in [2.45, 2.75) is 6.92 Å². The van der Waals surface area contributed by atoms with E-state index in [1.165, 1.54) is 6.26 Å². The Morgan fingerprint density at radius 1 is 1.41 bits per heavy atom. The molecule has 88 valence electrons. The third-order valence-electron chi connectivity index (χ3n) is 2.36. The van der Waals surface area contributed by atoms with Crippen LogP contribution in [0.15, 0.2) is 39.4 Å². The summed E-state index contributed by atoms with van der Waals surface area (Å²) >= 11 is 3.29. The molecule has 1 aromatic carbocycles. The number of rotatable bonds is 2. The molecule has 0 fully saturated rings. The van der Waals surface area contributed by atoms with Gasteiger partial charge in [0.1, 0.15) is 5.76 Å². The molecule has 1 heterocycles. The number of hydrogen-bond acceptors (Lipinski definition) is 3. The molecule has 1 aromatic heterocycles. The third kappa shape index (κ3) is 2.50. The average Bonchev–Trinajstić information content (AvgIpc) is 2.70. The van der Waals surface area contributed by atoms with Crippen LogP contribution < -0.4 is 11.1 Å². The molecule has 0 radical (unpaired) electrons. The zero-order valence-electron chi connectivity index (χ0n) is 9.16. The van der Waals surface area contributed by atoms with Gasteiger partial charge in [-0.2, -0.15) is 0 Å². The van der Waals surface area contributed by atoms with Crippen LogP contribution in [0.5, 0.6) is 0 Å². The molecule has 2 rings (SSSR count). The molecule has 0 saturated carbocycles. The number of nitrogens with two attached hydrogens (primary N) is 1. The van der Waals surface area contributed by atoms with E-state index in [1.807, 2.05) is 0 Å². The fourth-order valence-electron chi connectivity index (χ4n) is 1.44. The first-order valence-electron chi connectivity index (χ1n) is 4.98. The van der Waals surface area contributed by atoms with Gasteiger partial charge < -0.3 is 15.5 Å². The van der Waals surface area contributed by atoms with Crippen molar-refractivity contribution in [3.8, 4) is 0 Å². The minimum Gasteiger partial charge on any atom is -0.469 e. The lowest BCUT2D eigenvalue weighted by Crippen LogP contribution is -2.12. The summed E-state index contributed by atoms with van der Waals surface area (Å²) in [5, 5.41) is 2.75. The maximum atomic E-state index is 11.9. The number of benzene rings is 1. The van der Waals surface area contributed by atoms with Crippen molar-refractivity contribution in [2.24, 2.45) is 0 Å². The molecule has 0 unspecified atom stereocenters. The predicted octanol–water partition coefficient (Wildman–Crippen LogP) is 3.19. The average molecular weight is 295 g/mol. The van der Waals surface area contributed by atoms with E-state index in [2.05, 4.69) is 21.2 Å². The van der Waals surface area contributed by atoms with Gasteiger partial charge in [0.05, 0.1) is 11.8 Å². The van der Waals surface area contributed by atoms with E-state index < -0.39 is 0 Å². The molecule has 1 amide bonds. The van der Waals surface area contributed by atoms with Gasteiger partial charge >= 0.3 is 0 Å². The van der Waals surface area contributed by atoms with Gasteiger partial charge in [-0.3, -0.25) is 4.79 Å². The molecule has 0 saturated heterocycles. The summed E-state index contributed by atoms with van der Waals surface area (Å²) in [5.41, 5.74) is 7.47. The maximum absolute atomic E-state index is 11.9. The summed E-state index contributed by atoms with van der Waals surface area (Å²) in [7, 11) is 0. The van der Waals surface area contributed by atoms with Crippen molar-refractivity contribution < 1.29 is 9.21 Å². The van der Waals surface area contributed by atoms with Crippen molar-refractivity contribution in [3.63, 3.8) is 0 Å². The number of hydrogen-bond donors (Lipinski definition) is 2. The van der Waals surface area contributed by atoms with Gasteiger partial charge in [0, 0.05) is 15.8 Å². The van der Waals surface area contributed by atoms with Gasteiger partial charge in [-0.25, -0.2) is 0 Å². The van der Waals surface area contributed by atoms with Gasteiger partial charge in [0.2, 0.25) is 0 Å². The topological polar surface area (TPSA) is 68.3 Å². The normalized spacial score (nSPS) is 10.2. The van der Waals surface area contributed by atoms with Crippen LogP contribution in [0.2, 0.25) is 0 Å². The molecule has 0 aliphatic carbocycles. The first kappa shape index (κ1) is 11.7.